The molecule has 0 unspecified atom stereocenters. The summed E-state index contributed by atoms with van der Waals surface area (Å²) in [4.78, 5) is 17.3. The molecule has 0 aliphatic heterocycles. The molecule has 10 heteroatoms. The maximum absolute atomic E-state index is 6.04. The van der Waals surface area contributed by atoms with E-state index in [4.69, 9.17) is 11.6 Å². The zero-order valence-corrected chi connectivity index (χ0v) is 16.5. The van der Waals surface area contributed by atoms with Crippen LogP contribution in [0.3, 0.4) is 0 Å². The summed E-state index contributed by atoms with van der Waals surface area (Å²) in [6.45, 7) is 1.90. The molecule has 1 N–H and O–H groups in total. The maximum atomic E-state index is 6.04. The first-order valence-electron chi connectivity index (χ1n) is 9.04. The predicted octanol–water partition coefficient (Wildman–Crippen LogP) is 3.74. The smallest absolute Gasteiger partial charge is 0.272 e. The number of nitrogens with one attached hydrogen (secondary N) is 1. The van der Waals surface area contributed by atoms with Crippen molar-refractivity contribution < 1.29 is 0 Å². The summed E-state index contributed by atoms with van der Waals surface area (Å²) in [5.74, 6) is 1.39. The number of anilines is 2. The second-order valence-electron chi connectivity index (χ2n) is 6.42. The van der Waals surface area contributed by atoms with Crippen LogP contribution in [0.2, 0.25) is 5.02 Å². The Morgan fingerprint density at radius 1 is 0.967 bits per heavy atom. The number of halogens is 1. The third kappa shape index (κ3) is 3.42. The number of fused-ring (bicyclic) bond motifs is 1. The van der Waals surface area contributed by atoms with E-state index in [1.54, 1.807) is 41.3 Å². The lowest BCUT2D eigenvalue weighted by atomic mass is 10.2. The van der Waals surface area contributed by atoms with Crippen molar-refractivity contribution in [3.63, 3.8) is 0 Å². The minimum Gasteiger partial charge on any atom is -0.324 e. The van der Waals surface area contributed by atoms with Gasteiger partial charge in [-0.05, 0) is 43.3 Å². The Balaban J connectivity index is 1.52. The van der Waals surface area contributed by atoms with Gasteiger partial charge in [-0.15, -0.1) is 15.3 Å². The quantitative estimate of drug-likeness (QED) is 0.473. The summed E-state index contributed by atoms with van der Waals surface area (Å²) in [5.41, 5.74) is 3.61. The van der Waals surface area contributed by atoms with E-state index >= 15 is 0 Å². The molecule has 4 aromatic heterocycles. The van der Waals surface area contributed by atoms with Gasteiger partial charge in [0, 0.05) is 34.9 Å². The number of benzene rings is 1. The average molecular weight is 416 g/mol. The molecule has 0 atom stereocenters. The number of hydrogen-bond donors (Lipinski definition) is 1. The Kier molecular flexibility index (Phi) is 4.49. The van der Waals surface area contributed by atoms with Gasteiger partial charge < -0.3 is 5.32 Å². The number of aromatic nitrogens is 8. The molecular weight excluding hydrogens is 402 g/mol. The van der Waals surface area contributed by atoms with Crippen molar-refractivity contribution in [2.75, 3.05) is 5.32 Å². The molecule has 0 amide bonds. The molecule has 4 heterocycles. The van der Waals surface area contributed by atoms with E-state index in [-0.39, 0.29) is 0 Å². The highest BCUT2D eigenvalue weighted by atomic mass is 35.5. The zero-order valence-electron chi connectivity index (χ0n) is 15.7. The van der Waals surface area contributed by atoms with Gasteiger partial charge in [-0.1, -0.05) is 17.7 Å². The fraction of sp³-hybridized carbons (Fsp3) is 0.0500. The Morgan fingerprint density at radius 2 is 1.83 bits per heavy atom. The molecule has 0 spiro atoms. The SMILES string of the molecule is Cc1c(-c2ccnc(Nc3cccc(Cl)c3)n2)nnc2nc(-c3ccncc3)nn12. The standard InChI is InChI=1S/C20H14ClN9/c1-12-17(16-7-10-23-19(25-16)24-15-4-2-3-14(21)11-15)27-28-20-26-18(29-30(12)20)13-5-8-22-9-6-13/h2-11H,1H3,(H,23,24,25). The van der Waals surface area contributed by atoms with Crippen molar-refractivity contribution in [2.45, 2.75) is 6.92 Å². The van der Waals surface area contributed by atoms with Crippen molar-refractivity contribution in [2.24, 2.45) is 0 Å². The molecular formula is C20H14ClN9. The largest absolute Gasteiger partial charge is 0.324 e. The third-order valence-corrected chi connectivity index (χ3v) is 4.64. The van der Waals surface area contributed by atoms with Crippen molar-refractivity contribution in [1.82, 2.24) is 39.7 Å². The first kappa shape index (κ1) is 18.1. The van der Waals surface area contributed by atoms with Crippen LogP contribution in [-0.2, 0) is 0 Å². The lowest BCUT2D eigenvalue weighted by Crippen LogP contribution is -2.05. The molecule has 5 rings (SSSR count). The van der Waals surface area contributed by atoms with E-state index in [0.717, 1.165) is 16.9 Å². The fourth-order valence-electron chi connectivity index (χ4n) is 2.97. The Labute approximate surface area is 175 Å². The minimum atomic E-state index is 0.411. The summed E-state index contributed by atoms with van der Waals surface area (Å²) in [6, 6.07) is 12.8. The number of pyridine rings is 1. The van der Waals surface area contributed by atoms with Gasteiger partial charge in [0.2, 0.25) is 5.95 Å². The van der Waals surface area contributed by atoms with Gasteiger partial charge >= 0.3 is 0 Å². The predicted molar refractivity (Wildman–Crippen MR) is 112 cm³/mol. The first-order chi connectivity index (χ1) is 14.7. The summed E-state index contributed by atoms with van der Waals surface area (Å²) < 4.78 is 1.66. The van der Waals surface area contributed by atoms with Gasteiger partial charge in [-0.3, -0.25) is 4.98 Å². The van der Waals surface area contributed by atoms with Gasteiger partial charge in [0.15, 0.2) is 5.82 Å². The summed E-state index contributed by atoms with van der Waals surface area (Å²) in [7, 11) is 0. The van der Waals surface area contributed by atoms with E-state index in [9.17, 15) is 0 Å². The van der Waals surface area contributed by atoms with E-state index in [0.29, 0.717) is 34.0 Å². The molecule has 0 saturated heterocycles. The van der Waals surface area contributed by atoms with E-state index in [2.05, 4.69) is 40.5 Å². The topological polar surface area (TPSA) is 107 Å². The molecule has 0 saturated carbocycles. The highest BCUT2D eigenvalue weighted by molar-refractivity contribution is 6.30. The summed E-state index contributed by atoms with van der Waals surface area (Å²) in [5, 5.41) is 16.9. The Morgan fingerprint density at radius 3 is 2.67 bits per heavy atom. The van der Waals surface area contributed by atoms with Crippen LogP contribution in [0.1, 0.15) is 5.69 Å². The molecule has 5 aromatic rings. The molecule has 0 bridgehead atoms. The molecule has 146 valence electrons. The summed E-state index contributed by atoms with van der Waals surface area (Å²) >= 11 is 6.04. The van der Waals surface area contributed by atoms with E-state index in [1.807, 2.05) is 31.2 Å². The van der Waals surface area contributed by atoms with E-state index < -0.39 is 0 Å². The van der Waals surface area contributed by atoms with Crippen LogP contribution < -0.4 is 5.32 Å². The number of rotatable bonds is 4. The zero-order chi connectivity index (χ0) is 20.5. The van der Waals surface area contributed by atoms with Crippen LogP contribution in [0.4, 0.5) is 11.6 Å². The number of aryl methyl sites for hydroxylation is 1. The molecule has 1 aromatic carbocycles. The highest BCUT2D eigenvalue weighted by Gasteiger charge is 2.15. The molecule has 9 nitrogen and oxygen atoms in total. The van der Waals surface area contributed by atoms with Gasteiger partial charge in [0.1, 0.15) is 5.69 Å². The van der Waals surface area contributed by atoms with E-state index in [1.165, 1.54) is 0 Å². The first-order valence-corrected chi connectivity index (χ1v) is 9.42. The number of hydrogen-bond acceptors (Lipinski definition) is 8. The van der Waals surface area contributed by atoms with Crippen LogP contribution in [0.5, 0.6) is 0 Å². The van der Waals surface area contributed by atoms with Crippen molar-refractivity contribution >= 4 is 29.0 Å². The van der Waals surface area contributed by atoms with Crippen LogP contribution in [0.25, 0.3) is 28.6 Å². The average Bonchev–Trinajstić information content (AvgIpc) is 3.20. The Bertz CT molecular complexity index is 1350. The maximum Gasteiger partial charge on any atom is 0.272 e. The second kappa shape index (κ2) is 7.45. The molecule has 0 aliphatic carbocycles. The lowest BCUT2D eigenvalue weighted by molar-refractivity contribution is 0.851. The monoisotopic (exact) mass is 415 g/mol. The fourth-order valence-corrected chi connectivity index (χ4v) is 3.16. The number of nitrogens with zero attached hydrogens (tertiary/aromatic N) is 8. The second-order valence-corrected chi connectivity index (χ2v) is 6.85. The third-order valence-electron chi connectivity index (χ3n) is 4.41. The van der Waals surface area contributed by atoms with Crippen LogP contribution in [0.15, 0.2) is 61.1 Å². The molecule has 0 radical (unpaired) electrons. The Hall–Kier alpha value is -3.98. The van der Waals surface area contributed by atoms with Crippen molar-refractivity contribution in [3.8, 4) is 22.8 Å². The van der Waals surface area contributed by atoms with Crippen molar-refractivity contribution in [3.05, 3.63) is 71.8 Å². The molecule has 30 heavy (non-hydrogen) atoms. The molecule has 0 fully saturated rings. The van der Waals surface area contributed by atoms with Gasteiger partial charge in [0.05, 0.1) is 11.4 Å². The lowest BCUT2D eigenvalue weighted by Gasteiger charge is -2.08. The van der Waals surface area contributed by atoms with Gasteiger partial charge in [0.25, 0.3) is 5.78 Å². The molecule has 0 aliphatic rings. The van der Waals surface area contributed by atoms with Crippen LogP contribution in [-0.4, -0.2) is 39.7 Å². The van der Waals surface area contributed by atoms with Crippen LogP contribution >= 0.6 is 11.6 Å². The van der Waals surface area contributed by atoms with Crippen molar-refractivity contribution in [1.29, 1.82) is 0 Å². The highest BCUT2D eigenvalue weighted by Crippen LogP contribution is 2.23. The minimum absolute atomic E-state index is 0.411. The van der Waals surface area contributed by atoms with Gasteiger partial charge in [-0.25, -0.2) is 9.97 Å². The van der Waals surface area contributed by atoms with Gasteiger partial charge in [-0.2, -0.15) is 9.50 Å². The summed E-state index contributed by atoms with van der Waals surface area (Å²) in [6.07, 6.45) is 5.05. The normalized spacial score (nSPS) is 11.0. The van der Waals surface area contributed by atoms with Crippen LogP contribution in [0, 0.1) is 6.92 Å².